The van der Waals surface area contributed by atoms with E-state index in [4.69, 9.17) is 10.8 Å². The minimum absolute atomic E-state index is 0.00303. The lowest BCUT2D eigenvalue weighted by Crippen LogP contribution is -2.59. The molecule has 0 spiro atoms. The molecule has 3 rings (SSSR count). The molecule has 2 aromatic heterocycles. The molecule has 3 aromatic rings. The number of carboxylic acid groups (broad SMARTS) is 4. The van der Waals surface area contributed by atoms with Crippen molar-refractivity contribution in [2.45, 2.75) is 206 Å². The van der Waals surface area contributed by atoms with Crippen LogP contribution >= 0.6 is 0 Å². The molecule has 1 aromatic carbocycles. The Kier molecular flexibility index (Phi) is 41.8. The summed E-state index contributed by atoms with van der Waals surface area (Å²) in [5, 5.41) is 212. The van der Waals surface area contributed by atoms with E-state index in [0.29, 0.717) is 5.69 Å². The summed E-state index contributed by atoms with van der Waals surface area (Å²) in [5.41, 5.74) is 5.36. The molecule has 0 aliphatic rings. The van der Waals surface area contributed by atoms with Gasteiger partial charge in [0, 0.05) is 69.4 Å². The van der Waals surface area contributed by atoms with Gasteiger partial charge in [0.15, 0.2) is 11.2 Å². The zero-order chi connectivity index (χ0) is 86.7. The number of aliphatic carboxylic acids is 4. The molecule has 10 amide bonds. The smallest absolute Gasteiger partial charge is 0.326 e. The summed E-state index contributed by atoms with van der Waals surface area (Å²) in [5.74, 6) is -19.8. The second-order valence-electron chi connectivity index (χ2n) is 26.0. The summed E-state index contributed by atoms with van der Waals surface area (Å²) >= 11 is 0. The number of aromatic nitrogens is 4. The lowest BCUT2D eigenvalue weighted by molar-refractivity contribution is -0.142. The number of hydrogen-bond acceptors (Lipinski definition) is 35. The Morgan fingerprint density at radius 1 is 0.417 bits per heavy atom. The second kappa shape index (κ2) is 48.9. The predicted molar refractivity (Wildman–Crippen MR) is 383 cm³/mol. The number of aromatic amines is 1. The van der Waals surface area contributed by atoms with Gasteiger partial charge in [-0.05, 0) is 69.7 Å². The summed E-state index contributed by atoms with van der Waals surface area (Å²) in [6.07, 6.45) is -34.6. The molecule has 0 aliphatic heterocycles. The number of aliphatic hydroxyl groups is 15. The van der Waals surface area contributed by atoms with Crippen molar-refractivity contribution >= 4 is 106 Å². The van der Waals surface area contributed by atoms with Gasteiger partial charge in [0.1, 0.15) is 97.2 Å². The van der Waals surface area contributed by atoms with E-state index in [1.807, 2.05) is 5.32 Å². The highest BCUT2D eigenvalue weighted by molar-refractivity contribution is 5.99. The van der Waals surface area contributed by atoms with Gasteiger partial charge in [-0.25, -0.2) is 14.8 Å². The maximum atomic E-state index is 14.6. The number of rotatable bonds is 54. The van der Waals surface area contributed by atoms with Crippen LogP contribution in [0.4, 0.5) is 11.6 Å². The van der Waals surface area contributed by atoms with Gasteiger partial charge < -0.3 is 161 Å². The fourth-order valence-electron chi connectivity index (χ4n) is 10.2. The van der Waals surface area contributed by atoms with Crippen molar-refractivity contribution in [1.29, 1.82) is 0 Å². The van der Waals surface area contributed by atoms with Crippen molar-refractivity contribution in [2.75, 3.05) is 50.5 Å². The van der Waals surface area contributed by atoms with Crippen molar-refractivity contribution in [3.63, 3.8) is 0 Å². The van der Waals surface area contributed by atoms with Crippen molar-refractivity contribution in [1.82, 2.24) is 73.1 Å². The van der Waals surface area contributed by atoms with E-state index < -0.39 is 321 Å². The number of benzene rings is 1. The third-order valence-electron chi connectivity index (χ3n) is 17.1. The van der Waals surface area contributed by atoms with Crippen LogP contribution in [0.3, 0.4) is 0 Å². The molecule has 2 heterocycles. The number of nitrogens with two attached hydrogens (primary N) is 1. The summed E-state index contributed by atoms with van der Waals surface area (Å²) in [6.45, 7) is -4.98. The number of carbonyl (C=O) groups excluding carboxylic acids is 10. The largest absolute Gasteiger partial charge is 0.481 e. The molecule has 0 unspecified atom stereocenters. The van der Waals surface area contributed by atoms with E-state index >= 15 is 0 Å². The topological polar surface area (TPSA) is 853 Å². The molecule has 19 atom stereocenters. The molecule has 0 fully saturated rings. The summed E-state index contributed by atoms with van der Waals surface area (Å²) < 4.78 is 0. The van der Waals surface area contributed by atoms with Crippen LogP contribution in [-0.2, 0) is 68.9 Å². The minimum Gasteiger partial charge on any atom is -0.481 e. The van der Waals surface area contributed by atoms with Gasteiger partial charge in [-0.3, -0.25) is 72.1 Å². The third-order valence-corrected chi connectivity index (χ3v) is 17.1. The molecule has 0 saturated heterocycles. The molecule has 0 aliphatic carbocycles. The number of carbonyl (C=O) groups is 14. The molecule has 115 heavy (non-hydrogen) atoms. The lowest BCUT2D eigenvalue weighted by atomic mass is 10.0. The monoisotopic (exact) mass is 1650 g/mol. The number of nitrogens with zero attached hydrogens (tertiary/aromatic N) is 3. The van der Waals surface area contributed by atoms with Crippen LogP contribution in [0.25, 0.3) is 11.2 Å². The Morgan fingerprint density at radius 3 is 1.11 bits per heavy atom. The normalized spacial score (nSPS) is 16.3. The number of anilines is 2. The first kappa shape index (κ1) is 98.2. The Balaban J connectivity index is 2.04. The Bertz CT molecular complexity index is 3850. The molecular weight excluding hydrogens is 1550 g/mol. The highest BCUT2D eigenvalue weighted by atomic mass is 16.4. The van der Waals surface area contributed by atoms with Crippen LogP contribution in [0.15, 0.2) is 35.3 Å². The molecule has 0 saturated carbocycles. The summed E-state index contributed by atoms with van der Waals surface area (Å²) in [4.78, 5) is 214. The van der Waals surface area contributed by atoms with Crippen molar-refractivity contribution in [3.05, 3.63) is 52.1 Å². The van der Waals surface area contributed by atoms with Crippen LogP contribution in [-0.4, -0.2) is 355 Å². The van der Waals surface area contributed by atoms with Crippen LogP contribution < -0.4 is 69.8 Å². The maximum absolute atomic E-state index is 14.6. The number of nitrogens with one attached hydrogen (secondary N) is 12. The van der Waals surface area contributed by atoms with E-state index in [9.17, 15) is 164 Å². The van der Waals surface area contributed by atoms with E-state index in [-0.39, 0.29) is 34.9 Å². The molecule has 0 bridgehead atoms. The average Bonchev–Trinajstić information content (AvgIpc) is 0.808. The number of aliphatic hydroxyl groups excluding tert-OH is 15. The first-order chi connectivity index (χ1) is 54.0. The molecule has 50 heteroatoms. The average molecular weight is 1650 g/mol. The molecule has 50 nitrogen and oxygen atoms in total. The second-order valence-corrected chi connectivity index (χ2v) is 26.0. The molecule has 33 N–H and O–H groups in total. The zero-order valence-electron chi connectivity index (χ0n) is 61.3. The maximum Gasteiger partial charge on any atom is 0.326 e. The zero-order valence-corrected chi connectivity index (χ0v) is 61.3. The number of amides is 10. The SMILES string of the molecule is C[C@H](NC(=O)[C@H](CCC(=O)NC[C@H](O)[C@@H](O)[C@H](O)[C@H](O)CO)NC(=O)[C@H](CCC(=O)O)NC(=O)[C@H](CCC(=O)NC[C@H](O)[C@@H](O)[C@H](O)[C@H](O)CO)NC(=O)[C@H](CCC(=O)O)NC(=O)[C@H](CCC(=O)NC[C@H](O)[C@@H](O)[C@H](O)[C@H](O)CO)NC(=O)CC[C@H](NC(=O)c1ccc(NCc2cnc3nc(N)[nH]c(=O)c3n2)cc1)C(=O)O)C(=O)O. The predicted octanol–water partition coefficient (Wildman–Crippen LogP) is -14.4. The van der Waals surface area contributed by atoms with Gasteiger partial charge in [0.05, 0.1) is 56.6 Å². The van der Waals surface area contributed by atoms with Crippen molar-refractivity contribution in [2.24, 2.45) is 0 Å². The Hall–Kier alpha value is -11.0. The fourth-order valence-corrected chi connectivity index (χ4v) is 10.2. The minimum atomic E-state index is -2.24. The summed E-state index contributed by atoms with van der Waals surface area (Å²) in [6, 6.07) is -8.85. The van der Waals surface area contributed by atoms with Crippen LogP contribution in [0, 0.1) is 0 Å². The first-order valence-corrected chi connectivity index (χ1v) is 35.2. The van der Waals surface area contributed by atoms with Crippen LogP contribution in [0.2, 0.25) is 0 Å². The standard InChI is InChI=1S/C65H98N16O34/c1-26(63(112)113)72-57(106)31(7-13-43(92)69-21-37(86)50(100)53(103)40(89)24-83)75-60(109)34(11-17-47(97)98)78-59(108)32(8-14-44(93)70-22-38(87)51(101)54(104)41(90)25-84)76-61(110)33(10-16-46(95)96)77-58(107)30(6-12-42(91)68-20-36(85)49(99)52(102)39(88)23-82)74-45(94)15-9-35(64(114)115)79-56(105)27-2-4-28(5-3-27)67-18-29-19-71-55-48(73-29)62(111)81-65(66)80-55/h2-5,19,26,30-41,49-54,67,82-90,99-104H,6-18,20-25H2,1H3,(H,68,91)(H,69,92)(H,70,93)(H,72,106)(H,74,94)(H,75,109)(H,76,110)(H,77,107)(H,78,108)(H,79,105)(H,95,96)(H,97,98)(H,112,113)(H,114,115)(H3,66,71,80,81,111)/t26-,30-,31-,32-,33-,34-,35-,36-,37-,38-,39+,40+,41+,49+,50+,51+,52+,53+,54+/m0/s1. The van der Waals surface area contributed by atoms with Crippen LogP contribution in [0.5, 0.6) is 0 Å². The van der Waals surface area contributed by atoms with Gasteiger partial charge in [0.25, 0.3) is 11.5 Å². The fraction of sp³-hybridized carbons (Fsp3) is 0.600. The van der Waals surface area contributed by atoms with Gasteiger partial charge in [0.2, 0.25) is 59.1 Å². The highest BCUT2D eigenvalue weighted by Gasteiger charge is 2.38. The van der Waals surface area contributed by atoms with Gasteiger partial charge >= 0.3 is 23.9 Å². The highest BCUT2D eigenvalue weighted by Crippen LogP contribution is 2.16. The number of H-pyrrole nitrogens is 1. The molecular formula is C65H98N16O34. The van der Waals surface area contributed by atoms with Crippen LogP contribution in [0.1, 0.15) is 100 Å². The van der Waals surface area contributed by atoms with E-state index in [0.717, 1.165) is 6.92 Å². The quantitative estimate of drug-likeness (QED) is 0.0250. The Labute approximate surface area is 649 Å². The number of fused-ring (bicyclic) bond motifs is 1. The van der Waals surface area contributed by atoms with E-state index in [1.54, 1.807) is 0 Å². The van der Waals surface area contributed by atoms with E-state index in [1.165, 1.54) is 30.5 Å². The summed E-state index contributed by atoms with van der Waals surface area (Å²) in [7, 11) is 0. The Morgan fingerprint density at radius 2 is 0.757 bits per heavy atom. The first-order valence-electron chi connectivity index (χ1n) is 35.2. The number of nitrogen functional groups attached to an aromatic ring is 1. The third kappa shape index (κ3) is 33.9. The van der Waals surface area contributed by atoms with E-state index in [2.05, 4.69) is 73.1 Å². The molecule has 642 valence electrons. The number of hydrogen-bond donors (Lipinski definition) is 32. The van der Waals surface area contributed by atoms with Gasteiger partial charge in [-0.15, -0.1) is 0 Å². The van der Waals surface area contributed by atoms with Gasteiger partial charge in [-0.2, -0.15) is 4.98 Å². The lowest BCUT2D eigenvalue weighted by Gasteiger charge is -2.27. The van der Waals surface area contributed by atoms with Crippen molar-refractivity contribution in [3.8, 4) is 0 Å². The number of carboxylic acids is 4. The van der Waals surface area contributed by atoms with Gasteiger partial charge in [-0.1, -0.05) is 0 Å². The van der Waals surface area contributed by atoms with Crippen molar-refractivity contribution < 1.29 is 164 Å². The molecule has 0 radical (unpaired) electrons.